The molecule has 2 aromatic rings. The van der Waals surface area contributed by atoms with Crippen molar-refractivity contribution in [2.24, 2.45) is 5.92 Å². The zero-order valence-electron chi connectivity index (χ0n) is 15.5. The van der Waals surface area contributed by atoms with E-state index >= 15 is 0 Å². The second-order valence-electron chi connectivity index (χ2n) is 7.32. The molecule has 3 saturated heterocycles. The van der Waals surface area contributed by atoms with E-state index in [1.165, 1.54) is 10.8 Å². The van der Waals surface area contributed by atoms with Crippen molar-refractivity contribution in [3.8, 4) is 5.88 Å². The van der Waals surface area contributed by atoms with E-state index in [4.69, 9.17) is 4.74 Å². The minimum Gasteiger partial charge on any atom is -0.467 e. The monoisotopic (exact) mass is 373 g/mol. The number of urea groups is 1. The van der Waals surface area contributed by atoms with Crippen LogP contribution < -0.4 is 4.74 Å². The highest BCUT2D eigenvalue weighted by molar-refractivity contribution is 5.79. The van der Waals surface area contributed by atoms with Gasteiger partial charge in [-0.1, -0.05) is 0 Å². The van der Waals surface area contributed by atoms with Crippen LogP contribution in [0.2, 0.25) is 0 Å². The summed E-state index contributed by atoms with van der Waals surface area (Å²) < 4.78 is 7.09. The Morgan fingerprint density at radius 1 is 1.22 bits per heavy atom. The molecule has 3 aliphatic rings. The normalized spacial score (nSPS) is 22.0. The summed E-state index contributed by atoms with van der Waals surface area (Å²) in [5, 5.41) is 11.9. The molecular formula is C17H23N7O3. The average molecular weight is 373 g/mol. The number of rotatable bonds is 3. The van der Waals surface area contributed by atoms with Crippen molar-refractivity contribution < 1.29 is 14.3 Å². The number of amides is 3. The first-order valence-electron chi connectivity index (χ1n) is 9.07. The van der Waals surface area contributed by atoms with Gasteiger partial charge in [0.2, 0.25) is 5.88 Å². The van der Waals surface area contributed by atoms with E-state index in [1.54, 1.807) is 31.1 Å². The SMILES string of the molecule is CN(C)C(=O)N1C[C@@H]2CC[C@H](C1)N(C(=O)COc1ccc3nncn3n1)C2. The van der Waals surface area contributed by atoms with Crippen molar-refractivity contribution in [2.75, 3.05) is 40.3 Å². The molecule has 0 aliphatic carbocycles. The van der Waals surface area contributed by atoms with E-state index in [9.17, 15) is 9.59 Å². The lowest BCUT2D eigenvalue weighted by Crippen LogP contribution is -2.49. The summed E-state index contributed by atoms with van der Waals surface area (Å²) in [5.74, 6) is 0.581. The molecule has 0 spiro atoms. The van der Waals surface area contributed by atoms with Crippen LogP contribution >= 0.6 is 0 Å². The van der Waals surface area contributed by atoms with Crippen LogP contribution in [0.25, 0.3) is 5.65 Å². The van der Waals surface area contributed by atoms with Gasteiger partial charge in [-0.2, -0.15) is 4.52 Å². The highest BCUT2D eigenvalue weighted by atomic mass is 16.5. The summed E-state index contributed by atoms with van der Waals surface area (Å²) in [7, 11) is 3.51. The fraction of sp³-hybridized carbons (Fsp3) is 0.588. The lowest BCUT2D eigenvalue weighted by Gasteiger charge is -2.35. The number of carbonyl (C=O) groups is 2. The molecule has 2 aromatic heterocycles. The molecule has 144 valence electrons. The zero-order chi connectivity index (χ0) is 19.0. The first-order valence-corrected chi connectivity index (χ1v) is 9.07. The molecule has 27 heavy (non-hydrogen) atoms. The van der Waals surface area contributed by atoms with Gasteiger partial charge in [0.25, 0.3) is 5.91 Å². The largest absolute Gasteiger partial charge is 0.467 e. The summed E-state index contributed by atoms with van der Waals surface area (Å²) in [6.07, 6.45) is 3.44. The number of hydrogen-bond acceptors (Lipinski definition) is 6. The third-order valence-electron chi connectivity index (χ3n) is 5.17. The number of hydrogen-bond donors (Lipinski definition) is 0. The molecule has 5 rings (SSSR count). The second-order valence-corrected chi connectivity index (χ2v) is 7.32. The smallest absolute Gasteiger partial charge is 0.319 e. The van der Waals surface area contributed by atoms with E-state index < -0.39 is 0 Å². The third kappa shape index (κ3) is 3.51. The van der Waals surface area contributed by atoms with Gasteiger partial charge in [-0.05, 0) is 24.8 Å². The average Bonchev–Trinajstić information content (AvgIpc) is 2.94. The molecule has 0 unspecified atom stereocenters. The first kappa shape index (κ1) is 17.5. The van der Waals surface area contributed by atoms with Crippen LogP contribution in [0.4, 0.5) is 4.79 Å². The predicted octanol–water partition coefficient (Wildman–Crippen LogP) is 0.108. The standard InChI is InChI=1S/C17H23N7O3/c1-21(2)17(26)22-7-12-3-4-13(9-22)23(8-12)16(25)10-27-15-6-5-14-19-18-11-24(14)20-15/h5-6,11-13H,3-4,7-10H2,1-2H3/t12-,13+/m0/s1. The number of fused-ring (bicyclic) bond motifs is 5. The van der Waals surface area contributed by atoms with Gasteiger partial charge in [0.05, 0.1) is 0 Å². The third-order valence-corrected chi connectivity index (χ3v) is 5.17. The van der Waals surface area contributed by atoms with Crippen molar-refractivity contribution in [3.05, 3.63) is 18.5 Å². The van der Waals surface area contributed by atoms with E-state index in [-0.39, 0.29) is 24.6 Å². The molecule has 2 bridgehead atoms. The first-order chi connectivity index (χ1) is 13.0. The van der Waals surface area contributed by atoms with Crippen molar-refractivity contribution in [3.63, 3.8) is 0 Å². The van der Waals surface area contributed by atoms with E-state index in [0.717, 1.165) is 12.8 Å². The van der Waals surface area contributed by atoms with Gasteiger partial charge >= 0.3 is 6.03 Å². The Balaban J connectivity index is 1.40. The summed E-state index contributed by atoms with van der Waals surface area (Å²) in [6.45, 7) is 1.86. The van der Waals surface area contributed by atoms with Gasteiger partial charge < -0.3 is 19.4 Å². The fourth-order valence-electron chi connectivity index (χ4n) is 3.83. The van der Waals surface area contributed by atoms with E-state index in [0.29, 0.717) is 37.1 Å². The number of piperidine rings is 1. The maximum atomic E-state index is 12.8. The number of aromatic nitrogens is 4. The Bertz CT molecular complexity index is 852. The van der Waals surface area contributed by atoms with Crippen LogP contribution in [-0.2, 0) is 4.79 Å². The Morgan fingerprint density at radius 2 is 2.07 bits per heavy atom. The molecule has 0 aromatic carbocycles. The number of ether oxygens (including phenoxy) is 1. The van der Waals surface area contributed by atoms with E-state index in [1.807, 2.05) is 9.80 Å². The molecule has 3 aliphatic heterocycles. The lowest BCUT2D eigenvalue weighted by atomic mass is 9.95. The van der Waals surface area contributed by atoms with Gasteiger partial charge in [0.15, 0.2) is 12.3 Å². The van der Waals surface area contributed by atoms with Crippen LogP contribution in [0.15, 0.2) is 18.5 Å². The van der Waals surface area contributed by atoms with Gasteiger partial charge in [0, 0.05) is 45.8 Å². The number of carbonyl (C=O) groups excluding carboxylic acids is 2. The quantitative estimate of drug-likeness (QED) is 0.758. The van der Waals surface area contributed by atoms with Crippen molar-refractivity contribution in [2.45, 2.75) is 18.9 Å². The van der Waals surface area contributed by atoms with E-state index in [2.05, 4.69) is 15.3 Å². The summed E-state index contributed by atoms with van der Waals surface area (Å²) in [5.41, 5.74) is 0.615. The summed E-state index contributed by atoms with van der Waals surface area (Å²) >= 11 is 0. The van der Waals surface area contributed by atoms with Gasteiger partial charge in [-0.3, -0.25) is 4.79 Å². The molecule has 3 amide bonds. The molecule has 0 radical (unpaired) electrons. The second kappa shape index (κ2) is 7.01. The highest BCUT2D eigenvalue weighted by Crippen LogP contribution is 2.28. The van der Waals surface area contributed by atoms with Gasteiger partial charge in [0.1, 0.15) is 6.33 Å². The van der Waals surface area contributed by atoms with Crippen LogP contribution in [0.5, 0.6) is 5.88 Å². The topological polar surface area (TPSA) is 96.2 Å². The molecule has 0 N–H and O–H groups in total. The van der Waals surface area contributed by atoms with Crippen LogP contribution in [-0.4, -0.2) is 92.8 Å². The molecule has 2 atom stereocenters. The molecule has 10 heteroatoms. The van der Waals surface area contributed by atoms with Crippen molar-refractivity contribution >= 4 is 17.6 Å². The summed E-state index contributed by atoms with van der Waals surface area (Å²) in [4.78, 5) is 30.4. The maximum absolute atomic E-state index is 12.8. The minimum atomic E-state index is -0.0779. The lowest BCUT2D eigenvalue weighted by molar-refractivity contribution is -0.137. The van der Waals surface area contributed by atoms with Crippen molar-refractivity contribution in [1.29, 1.82) is 0 Å². The van der Waals surface area contributed by atoms with Crippen molar-refractivity contribution in [1.82, 2.24) is 34.5 Å². The van der Waals surface area contributed by atoms with Gasteiger partial charge in [-0.25, -0.2) is 4.79 Å². The Labute approximate surface area is 156 Å². The Kier molecular flexibility index (Phi) is 4.54. The minimum absolute atomic E-state index is 0.00360. The Morgan fingerprint density at radius 3 is 2.89 bits per heavy atom. The molecule has 0 saturated carbocycles. The Hall–Kier alpha value is -2.91. The fourth-order valence-corrected chi connectivity index (χ4v) is 3.83. The summed E-state index contributed by atoms with van der Waals surface area (Å²) in [6, 6.07) is 3.45. The molecule has 5 heterocycles. The number of nitrogens with zero attached hydrogens (tertiary/aromatic N) is 7. The maximum Gasteiger partial charge on any atom is 0.319 e. The molecular weight excluding hydrogens is 350 g/mol. The van der Waals surface area contributed by atoms with Crippen LogP contribution in [0.1, 0.15) is 12.8 Å². The predicted molar refractivity (Wildman–Crippen MR) is 95.2 cm³/mol. The molecule has 3 fully saturated rings. The molecule has 10 nitrogen and oxygen atoms in total. The van der Waals surface area contributed by atoms with Crippen LogP contribution in [0.3, 0.4) is 0 Å². The van der Waals surface area contributed by atoms with Gasteiger partial charge in [-0.15, -0.1) is 15.3 Å². The zero-order valence-corrected chi connectivity index (χ0v) is 15.5. The van der Waals surface area contributed by atoms with Crippen LogP contribution in [0, 0.1) is 5.92 Å². The highest BCUT2D eigenvalue weighted by Gasteiger charge is 2.39.